The summed E-state index contributed by atoms with van der Waals surface area (Å²) in [6, 6.07) is 0.955. The molecule has 1 saturated carbocycles. The number of allylic oxidation sites excluding steroid dienone is 1. The highest BCUT2D eigenvalue weighted by molar-refractivity contribution is 6.25. The fourth-order valence-electron chi connectivity index (χ4n) is 7.44. The van der Waals surface area contributed by atoms with E-state index in [1.165, 1.54) is 0 Å². The molecule has 10 nitrogen and oxygen atoms in total. The molecule has 0 unspecified atom stereocenters. The number of carbonyl (C=O) groups is 3. The van der Waals surface area contributed by atoms with Gasteiger partial charge in [0, 0.05) is 31.3 Å². The van der Waals surface area contributed by atoms with Crippen LogP contribution in [-0.4, -0.2) is 82.6 Å². The molecule has 10 heteroatoms. The summed E-state index contributed by atoms with van der Waals surface area (Å²) in [6.07, 6.45) is 5.35. The number of primary amides is 1. The zero-order valence-electron chi connectivity index (χ0n) is 22.8. The molecule has 210 valence electrons. The van der Waals surface area contributed by atoms with Gasteiger partial charge in [-0.3, -0.25) is 19.3 Å². The van der Waals surface area contributed by atoms with E-state index in [4.69, 9.17) is 5.73 Å². The van der Waals surface area contributed by atoms with Crippen molar-refractivity contribution in [3.05, 3.63) is 45.4 Å². The van der Waals surface area contributed by atoms with Gasteiger partial charge in [-0.2, -0.15) is 0 Å². The fraction of sp³-hybridized carbons (Fsp3) is 0.552. The number of ketones is 2. The number of likely N-dealkylation sites (N-methyl/N-ethyl adjacent to an activating group) is 1. The number of hydrogen-bond donors (Lipinski definition) is 5. The third kappa shape index (κ3) is 3.79. The van der Waals surface area contributed by atoms with Crippen molar-refractivity contribution in [3.63, 3.8) is 0 Å². The first-order valence-corrected chi connectivity index (χ1v) is 13.5. The summed E-state index contributed by atoms with van der Waals surface area (Å²) in [5.41, 5.74) is 4.07. The molecule has 0 saturated heterocycles. The minimum Gasteiger partial charge on any atom is -0.510 e. The Morgan fingerprint density at radius 2 is 1.67 bits per heavy atom. The average Bonchev–Trinajstić information content (AvgIpc) is 2.86. The van der Waals surface area contributed by atoms with Crippen molar-refractivity contribution < 1.29 is 34.8 Å². The Kier molecular flexibility index (Phi) is 6.54. The third-order valence-electron chi connectivity index (χ3n) is 9.26. The van der Waals surface area contributed by atoms with Crippen LogP contribution in [-0.2, 0) is 16.0 Å². The first kappa shape index (κ1) is 27.2. The number of nitrogens with two attached hydrogens (primary N) is 1. The van der Waals surface area contributed by atoms with E-state index in [-0.39, 0.29) is 35.6 Å². The molecule has 0 radical (unpaired) electrons. The highest BCUT2D eigenvalue weighted by Gasteiger charge is 2.63. The summed E-state index contributed by atoms with van der Waals surface area (Å²) in [5.74, 6) is -6.16. The van der Waals surface area contributed by atoms with Crippen molar-refractivity contribution in [1.82, 2.24) is 4.90 Å². The lowest BCUT2D eigenvalue weighted by molar-refractivity contribution is -0.148. The quantitative estimate of drug-likeness (QED) is 0.361. The van der Waals surface area contributed by atoms with Crippen LogP contribution in [0.3, 0.4) is 0 Å². The lowest BCUT2D eigenvalue weighted by Gasteiger charge is -2.50. The van der Waals surface area contributed by atoms with E-state index in [0.29, 0.717) is 11.1 Å². The monoisotopic (exact) mass is 539 g/mol. The van der Waals surface area contributed by atoms with Crippen molar-refractivity contribution in [2.24, 2.45) is 17.6 Å². The third-order valence-corrected chi connectivity index (χ3v) is 9.26. The van der Waals surface area contributed by atoms with Crippen LogP contribution in [0.15, 0.2) is 28.7 Å². The Morgan fingerprint density at radius 1 is 1.03 bits per heavy atom. The molecule has 1 amide bonds. The largest absolute Gasteiger partial charge is 0.510 e. The number of phenols is 1. The number of carbonyl (C=O) groups excluding carboxylic acids is 3. The highest BCUT2D eigenvalue weighted by Crippen LogP contribution is 2.54. The number of rotatable bonds is 4. The topological polar surface area (TPSA) is 165 Å². The zero-order valence-corrected chi connectivity index (χ0v) is 22.8. The molecule has 39 heavy (non-hydrogen) atoms. The van der Waals surface area contributed by atoms with E-state index >= 15 is 0 Å². The molecular weight excluding hydrogens is 502 g/mol. The molecule has 0 aliphatic heterocycles. The molecule has 0 spiro atoms. The predicted molar refractivity (Wildman–Crippen MR) is 144 cm³/mol. The maximum Gasteiger partial charge on any atom is 0.255 e. The van der Waals surface area contributed by atoms with Gasteiger partial charge in [-0.15, -0.1) is 0 Å². The Balaban J connectivity index is 1.72. The van der Waals surface area contributed by atoms with Gasteiger partial charge in [-0.05, 0) is 68.8 Å². The number of amides is 1. The Labute approximate surface area is 227 Å². The van der Waals surface area contributed by atoms with Gasteiger partial charge in [0.25, 0.3) is 5.91 Å². The maximum absolute atomic E-state index is 14.1. The lowest BCUT2D eigenvalue weighted by atomic mass is 9.58. The number of aliphatic hydroxyl groups is 3. The highest BCUT2D eigenvalue weighted by atomic mass is 16.3. The second-order valence-electron chi connectivity index (χ2n) is 11.9. The van der Waals surface area contributed by atoms with Crippen LogP contribution in [0.5, 0.6) is 5.75 Å². The van der Waals surface area contributed by atoms with Crippen LogP contribution in [0.1, 0.15) is 65.9 Å². The zero-order chi connectivity index (χ0) is 28.5. The SMILES string of the molecule is CN(C)c1cc(C2CCCCC2)c(O)c2c1C[C@H]1C[C@H]3[C@H](N(C)C)C(O)=C(C(N)=O)C(=O)[C@@]3(O)C(O)=C1C2=O. The summed E-state index contributed by atoms with van der Waals surface area (Å²) in [7, 11) is 6.98. The molecule has 4 atom stereocenters. The van der Waals surface area contributed by atoms with Gasteiger partial charge in [0.05, 0.1) is 11.6 Å². The Hall–Kier alpha value is -3.37. The molecule has 5 rings (SSSR count). The van der Waals surface area contributed by atoms with E-state index in [2.05, 4.69) is 0 Å². The normalized spacial score (nSPS) is 29.3. The minimum atomic E-state index is -2.63. The summed E-state index contributed by atoms with van der Waals surface area (Å²) >= 11 is 0. The van der Waals surface area contributed by atoms with Crippen molar-refractivity contribution in [3.8, 4) is 5.75 Å². The number of aromatic hydroxyl groups is 1. The number of fused-ring (bicyclic) bond motifs is 3. The predicted octanol–water partition coefficient (Wildman–Crippen LogP) is 2.23. The van der Waals surface area contributed by atoms with Gasteiger partial charge < -0.3 is 31.1 Å². The molecule has 0 heterocycles. The number of nitrogens with zero attached hydrogens (tertiary/aromatic N) is 2. The van der Waals surface area contributed by atoms with Gasteiger partial charge >= 0.3 is 0 Å². The summed E-state index contributed by atoms with van der Waals surface area (Å²) < 4.78 is 0. The van der Waals surface area contributed by atoms with Gasteiger partial charge in [0.1, 0.15) is 22.8 Å². The number of aliphatic hydroxyl groups excluding tert-OH is 2. The second-order valence-corrected chi connectivity index (χ2v) is 11.9. The Bertz CT molecular complexity index is 1340. The lowest BCUT2D eigenvalue weighted by Crippen LogP contribution is -2.63. The molecular formula is C29H37N3O7. The van der Waals surface area contributed by atoms with Crippen molar-refractivity contribution in [2.45, 2.75) is 62.5 Å². The summed E-state index contributed by atoms with van der Waals surface area (Å²) in [6.45, 7) is 0. The molecule has 0 aromatic heterocycles. The molecule has 0 bridgehead atoms. The van der Waals surface area contributed by atoms with Gasteiger partial charge in [-0.1, -0.05) is 19.3 Å². The van der Waals surface area contributed by atoms with Crippen molar-refractivity contribution >= 4 is 23.2 Å². The van der Waals surface area contributed by atoms with Crippen LogP contribution in [0.25, 0.3) is 0 Å². The Morgan fingerprint density at radius 3 is 2.23 bits per heavy atom. The second kappa shape index (κ2) is 9.38. The van der Waals surface area contributed by atoms with Crippen molar-refractivity contribution in [1.29, 1.82) is 0 Å². The molecule has 6 N–H and O–H groups in total. The number of benzene rings is 1. The smallest absolute Gasteiger partial charge is 0.255 e. The molecule has 1 aromatic carbocycles. The minimum absolute atomic E-state index is 0.0732. The fourth-order valence-corrected chi connectivity index (χ4v) is 7.44. The molecule has 4 aliphatic rings. The van der Waals surface area contributed by atoms with E-state index < -0.39 is 58.0 Å². The number of hydrogen-bond acceptors (Lipinski definition) is 9. The van der Waals surface area contributed by atoms with E-state index in [1.807, 2.05) is 25.1 Å². The van der Waals surface area contributed by atoms with Gasteiger partial charge in [0.15, 0.2) is 11.4 Å². The number of Topliss-reactive ketones (excluding diaryl/α,β-unsaturated/α-hetero) is 2. The van der Waals surface area contributed by atoms with E-state index in [0.717, 1.165) is 37.8 Å². The first-order chi connectivity index (χ1) is 18.3. The number of anilines is 1. The molecule has 4 aliphatic carbocycles. The van der Waals surface area contributed by atoms with Crippen molar-refractivity contribution in [2.75, 3.05) is 33.1 Å². The van der Waals surface area contributed by atoms with E-state index in [9.17, 15) is 34.8 Å². The van der Waals surface area contributed by atoms with Crippen LogP contribution in [0, 0.1) is 11.8 Å². The summed E-state index contributed by atoms with van der Waals surface area (Å²) in [4.78, 5) is 43.2. The van der Waals surface area contributed by atoms with Crippen LogP contribution >= 0.6 is 0 Å². The first-order valence-electron chi connectivity index (χ1n) is 13.5. The number of phenolic OH excluding ortho intramolecular Hbond substituents is 1. The van der Waals surface area contributed by atoms with Crippen LogP contribution < -0.4 is 10.6 Å². The van der Waals surface area contributed by atoms with E-state index in [1.54, 1.807) is 19.0 Å². The maximum atomic E-state index is 14.1. The van der Waals surface area contributed by atoms with Gasteiger partial charge in [0.2, 0.25) is 5.78 Å². The standard InChI is InChI=1S/C29H37N3O7/c1-31(2)18-12-15(13-8-6-5-7-9-13)23(33)20-16(18)10-14-11-17-22(32(3)4)25(35)21(28(30)38)27(37)29(17,39)26(36)19(14)24(20)34/h12-14,17,22,33,35-36,39H,5-11H2,1-4H3,(H2,30,38)/t14-,17-,22-,29-/m0/s1. The molecule has 1 fully saturated rings. The van der Waals surface area contributed by atoms with Gasteiger partial charge in [-0.25, -0.2) is 0 Å². The average molecular weight is 540 g/mol. The molecule has 1 aromatic rings. The van der Waals surface area contributed by atoms with Crippen LogP contribution in [0.4, 0.5) is 5.69 Å². The summed E-state index contributed by atoms with van der Waals surface area (Å²) in [5, 5.41) is 45.7. The van der Waals surface area contributed by atoms with Crippen LogP contribution in [0.2, 0.25) is 0 Å².